The van der Waals surface area contributed by atoms with Gasteiger partial charge in [0.15, 0.2) is 0 Å². The van der Waals surface area contributed by atoms with E-state index in [9.17, 15) is 14.0 Å². The summed E-state index contributed by atoms with van der Waals surface area (Å²) in [6.45, 7) is 5.85. The first-order valence-electron chi connectivity index (χ1n) is 9.20. The van der Waals surface area contributed by atoms with Crippen molar-refractivity contribution in [3.63, 3.8) is 0 Å². The Bertz CT molecular complexity index is 766. The minimum absolute atomic E-state index is 0.00856. The Hall–Kier alpha value is -2.44. The summed E-state index contributed by atoms with van der Waals surface area (Å²) < 4.78 is 23.9. The molecule has 0 radical (unpaired) electrons. The molecule has 0 aromatic carbocycles. The van der Waals surface area contributed by atoms with Crippen LogP contribution in [0.5, 0.6) is 5.88 Å². The minimum atomic E-state index is -0.562. The number of carbonyl (C=O) groups is 2. The molecule has 1 aliphatic carbocycles. The maximum Gasteiger partial charge on any atom is 0.306 e. The van der Waals surface area contributed by atoms with Gasteiger partial charge in [-0.25, -0.2) is 9.37 Å². The second-order valence-electron chi connectivity index (χ2n) is 7.95. The number of fused-ring (bicyclic) bond motifs is 1. The molecule has 146 valence electrons. The number of hydrogen-bond donors (Lipinski definition) is 0. The minimum Gasteiger partial charge on any atom is -0.473 e. The highest BCUT2D eigenvalue weighted by Gasteiger charge is 2.39. The van der Waals surface area contributed by atoms with Crippen molar-refractivity contribution in [2.45, 2.75) is 64.6 Å². The average Bonchev–Trinajstić information content (AvgIpc) is 3.38. The van der Waals surface area contributed by atoms with Crippen molar-refractivity contribution in [2.75, 3.05) is 6.61 Å². The molecule has 1 amide bonds. The molecule has 0 unspecified atom stereocenters. The number of carbonyl (C=O) groups excluding carboxylic acids is 2. The van der Waals surface area contributed by atoms with Crippen LogP contribution in [-0.4, -0.2) is 40.0 Å². The van der Waals surface area contributed by atoms with Crippen LogP contribution >= 0.6 is 0 Å². The predicted octanol–water partition coefficient (Wildman–Crippen LogP) is 3.55. The van der Waals surface area contributed by atoms with E-state index in [-0.39, 0.29) is 31.3 Å². The second-order valence-corrected chi connectivity index (χ2v) is 7.95. The highest BCUT2D eigenvalue weighted by atomic mass is 19.1. The number of nitrogens with zero attached hydrogens (tertiary/aromatic N) is 2. The van der Waals surface area contributed by atoms with Gasteiger partial charge >= 0.3 is 5.97 Å². The van der Waals surface area contributed by atoms with Crippen LogP contribution in [0.25, 0.3) is 0 Å². The zero-order chi connectivity index (χ0) is 19.6. The fourth-order valence-electron chi connectivity index (χ4n) is 2.93. The Labute approximate surface area is 158 Å². The Morgan fingerprint density at radius 3 is 2.70 bits per heavy atom. The molecular formula is C20H25FN2O4. The molecule has 1 aliphatic heterocycles. The fraction of sp³-hybridized carbons (Fsp3) is 0.550. The summed E-state index contributed by atoms with van der Waals surface area (Å²) in [6.07, 6.45) is 2.84. The van der Waals surface area contributed by atoms with Crippen LogP contribution in [0.3, 0.4) is 0 Å². The summed E-state index contributed by atoms with van der Waals surface area (Å²) in [5.41, 5.74) is 1.09. The number of ether oxygens (including phenoxy) is 2. The van der Waals surface area contributed by atoms with Crippen molar-refractivity contribution in [3.8, 4) is 5.88 Å². The zero-order valence-electron chi connectivity index (χ0n) is 16.0. The number of pyridine rings is 1. The third-order valence-electron chi connectivity index (χ3n) is 4.38. The normalized spacial score (nSPS) is 17.1. The lowest BCUT2D eigenvalue weighted by molar-refractivity contribution is -0.154. The first-order chi connectivity index (χ1) is 12.8. The largest absolute Gasteiger partial charge is 0.473 e. The van der Waals surface area contributed by atoms with Gasteiger partial charge in [0.25, 0.3) is 5.91 Å². The molecule has 1 saturated carbocycles. The monoisotopic (exact) mass is 376 g/mol. The number of aromatic nitrogens is 1. The molecule has 2 heterocycles. The molecule has 1 fully saturated rings. The van der Waals surface area contributed by atoms with E-state index in [0.717, 1.165) is 12.8 Å². The van der Waals surface area contributed by atoms with Gasteiger partial charge in [-0.15, -0.1) is 0 Å². The van der Waals surface area contributed by atoms with Gasteiger partial charge in [0, 0.05) is 18.5 Å². The maximum atomic E-state index is 13.1. The van der Waals surface area contributed by atoms with E-state index < -0.39 is 5.60 Å². The van der Waals surface area contributed by atoms with Gasteiger partial charge in [-0.2, -0.15) is 0 Å². The van der Waals surface area contributed by atoms with E-state index in [0.29, 0.717) is 41.6 Å². The van der Waals surface area contributed by atoms with Crippen LogP contribution in [0.4, 0.5) is 4.39 Å². The van der Waals surface area contributed by atoms with Crippen molar-refractivity contribution in [1.82, 2.24) is 9.88 Å². The van der Waals surface area contributed by atoms with E-state index >= 15 is 0 Å². The van der Waals surface area contributed by atoms with Crippen LogP contribution in [0.2, 0.25) is 0 Å². The molecule has 1 aromatic rings. The molecule has 1 aromatic heterocycles. The Balaban J connectivity index is 1.51. The van der Waals surface area contributed by atoms with Crippen LogP contribution in [0, 0.1) is 0 Å². The standard InChI is InChI=1S/C20H25FN2O4/c1-20(2,3)27-18(24)9-4-13(10-21)12-26-17-8-7-15-16(22-17)11-23(19(15)25)14-5-6-14/h7-8,10,14H,4-6,9,11-12H2,1-3H3/b13-10-. The summed E-state index contributed by atoms with van der Waals surface area (Å²) in [5, 5.41) is 0. The van der Waals surface area contributed by atoms with Crippen molar-refractivity contribution in [2.24, 2.45) is 0 Å². The number of rotatable bonds is 7. The molecule has 0 spiro atoms. The topological polar surface area (TPSA) is 68.7 Å². The maximum absolute atomic E-state index is 13.1. The molecule has 3 rings (SSSR count). The molecule has 0 N–H and O–H groups in total. The van der Waals surface area contributed by atoms with E-state index in [4.69, 9.17) is 9.47 Å². The molecule has 27 heavy (non-hydrogen) atoms. The summed E-state index contributed by atoms with van der Waals surface area (Å²) in [6, 6.07) is 3.67. The van der Waals surface area contributed by atoms with Gasteiger partial charge in [0.1, 0.15) is 12.2 Å². The van der Waals surface area contributed by atoms with Crippen molar-refractivity contribution in [3.05, 3.63) is 35.3 Å². The number of halogens is 1. The van der Waals surface area contributed by atoms with Crippen LogP contribution in [-0.2, 0) is 16.1 Å². The Morgan fingerprint density at radius 1 is 1.33 bits per heavy atom. The van der Waals surface area contributed by atoms with Gasteiger partial charge in [-0.1, -0.05) is 0 Å². The lowest BCUT2D eigenvalue weighted by atomic mass is 10.1. The van der Waals surface area contributed by atoms with E-state index in [1.807, 2.05) is 4.90 Å². The SMILES string of the molecule is CC(C)(C)OC(=O)CC/C(=C/F)COc1ccc2c(n1)CN(C1CC1)C2=O. The quantitative estimate of drug-likeness (QED) is 0.681. The van der Waals surface area contributed by atoms with Gasteiger partial charge in [0.05, 0.1) is 24.1 Å². The molecule has 0 bridgehead atoms. The smallest absolute Gasteiger partial charge is 0.306 e. The molecule has 2 aliphatic rings. The highest BCUT2D eigenvalue weighted by Crippen LogP contribution is 2.34. The molecule has 0 saturated heterocycles. The summed E-state index contributed by atoms with van der Waals surface area (Å²) in [4.78, 5) is 30.3. The van der Waals surface area contributed by atoms with Crippen LogP contribution < -0.4 is 4.74 Å². The van der Waals surface area contributed by atoms with Crippen LogP contribution in [0.15, 0.2) is 24.0 Å². The third kappa shape index (κ3) is 5.05. The Morgan fingerprint density at radius 2 is 2.07 bits per heavy atom. The first-order valence-corrected chi connectivity index (χ1v) is 9.20. The Kier molecular flexibility index (Phi) is 5.48. The second kappa shape index (κ2) is 7.66. The summed E-state index contributed by atoms with van der Waals surface area (Å²) >= 11 is 0. The van der Waals surface area contributed by atoms with Crippen LogP contribution in [0.1, 0.15) is 62.5 Å². The van der Waals surface area contributed by atoms with Crippen molar-refractivity contribution >= 4 is 11.9 Å². The fourth-order valence-corrected chi connectivity index (χ4v) is 2.93. The van der Waals surface area contributed by atoms with E-state index in [2.05, 4.69) is 4.98 Å². The predicted molar refractivity (Wildman–Crippen MR) is 96.9 cm³/mol. The van der Waals surface area contributed by atoms with Crippen molar-refractivity contribution < 1.29 is 23.5 Å². The molecule has 6 nitrogen and oxygen atoms in total. The molecule has 0 atom stereocenters. The molecular weight excluding hydrogens is 351 g/mol. The van der Waals surface area contributed by atoms with Gasteiger partial charge < -0.3 is 14.4 Å². The number of esters is 1. The van der Waals surface area contributed by atoms with Gasteiger partial charge in [-0.05, 0) is 51.7 Å². The third-order valence-corrected chi connectivity index (χ3v) is 4.38. The average molecular weight is 376 g/mol. The van der Waals surface area contributed by atoms with Gasteiger partial charge in [0.2, 0.25) is 5.88 Å². The number of hydrogen-bond acceptors (Lipinski definition) is 5. The lowest BCUT2D eigenvalue weighted by Gasteiger charge is -2.19. The lowest BCUT2D eigenvalue weighted by Crippen LogP contribution is -2.25. The van der Waals surface area contributed by atoms with E-state index in [1.165, 1.54) is 0 Å². The highest BCUT2D eigenvalue weighted by molar-refractivity contribution is 5.98. The number of amides is 1. The van der Waals surface area contributed by atoms with Gasteiger partial charge in [-0.3, -0.25) is 9.59 Å². The molecule has 7 heteroatoms. The zero-order valence-corrected chi connectivity index (χ0v) is 16.0. The summed E-state index contributed by atoms with van der Waals surface area (Å²) in [7, 11) is 0. The first kappa shape index (κ1) is 19.3. The van der Waals surface area contributed by atoms with Crippen molar-refractivity contribution in [1.29, 1.82) is 0 Å². The summed E-state index contributed by atoms with van der Waals surface area (Å²) in [5.74, 6) is -0.0137. The van der Waals surface area contributed by atoms with E-state index in [1.54, 1.807) is 32.9 Å².